The van der Waals surface area contributed by atoms with Crippen LogP contribution in [-0.2, 0) is 0 Å². The SMILES string of the molecule is Cc1cc(C)n(-c2n[nH]c(=S)n2/N=C\[C@@H]2CC=CCC2)n1. The Morgan fingerprint density at radius 1 is 1.43 bits per heavy atom. The largest absolute Gasteiger partial charge is 0.271 e. The Balaban J connectivity index is 1.94. The summed E-state index contributed by atoms with van der Waals surface area (Å²) >= 11 is 5.27. The Kier molecular flexibility index (Phi) is 3.83. The molecule has 1 aliphatic rings. The van der Waals surface area contributed by atoms with E-state index < -0.39 is 0 Å². The van der Waals surface area contributed by atoms with Gasteiger partial charge in [-0.3, -0.25) is 0 Å². The number of rotatable bonds is 3. The van der Waals surface area contributed by atoms with Gasteiger partial charge in [0.1, 0.15) is 0 Å². The molecule has 7 heteroatoms. The number of aromatic nitrogens is 5. The topological polar surface area (TPSA) is 63.8 Å². The maximum Gasteiger partial charge on any atom is 0.271 e. The van der Waals surface area contributed by atoms with E-state index in [-0.39, 0.29) is 0 Å². The summed E-state index contributed by atoms with van der Waals surface area (Å²) in [4.78, 5) is 0. The molecule has 2 heterocycles. The van der Waals surface area contributed by atoms with E-state index >= 15 is 0 Å². The highest BCUT2D eigenvalue weighted by Crippen LogP contribution is 2.16. The molecule has 0 aliphatic heterocycles. The van der Waals surface area contributed by atoms with Crippen molar-refractivity contribution in [3.8, 4) is 5.95 Å². The first kappa shape index (κ1) is 13.9. The predicted octanol–water partition coefficient (Wildman–Crippen LogP) is 2.93. The Bertz CT molecular complexity index is 748. The fraction of sp³-hybridized carbons (Fsp3) is 0.429. The Morgan fingerprint density at radius 2 is 2.29 bits per heavy atom. The fourth-order valence-electron chi connectivity index (χ4n) is 2.47. The lowest BCUT2D eigenvalue weighted by Gasteiger charge is -2.12. The van der Waals surface area contributed by atoms with E-state index in [1.165, 1.54) is 0 Å². The van der Waals surface area contributed by atoms with Crippen molar-refractivity contribution in [1.29, 1.82) is 0 Å². The molecule has 0 unspecified atom stereocenters. The van der Waals surface area contributed by atoms with Crippen LogP contribution in [0.5, 0.6) is 0 Å². The molecule has 21 heavy (non-hydrogen) atoms. The van der Waals surface area contributed by atoms with Crippen molar-refractivity contribution in [1.82, 2.24) is 24.7 Å². The van der Waals surface area contributed by atoms with Crippen molar-refractivity contribution in [3.63, 3.8) is 0 Å². The number of nitrogens with one attached hydrogen (secondary N) is 1. The number of hydrogen-bond acceptors (Lipinski definition) is 4. The highest BCUT2D eigenvalue weighted by atomic mass is 32.1. The van der Waals surface area contributed by atoms with Crippen LogP contribution in [0.3, 0.4) is 0 Å². The van der Waals surface area contributed by atoms with Crippen molar-refractivity contribution in [2.75, 3.05) is 0 Å². The normalized spacial score (nSPS) is 18.7. The molecule has 3 rings (SSSR count). The summed E-state index contributed by atoms with van der Waals surface area (Å²) in [5, 5.41) is 16.0. The van der Waals surface area contributed by atoms with Gasteiger partial charge in [-0.1, -0.05) is 12.2 Å². The standard InChI is InChI=1S/C14H18N6S/c1-10-8-11(2)19(18-10)13-16-17-14(21)20(13)15-9-12-6-4-3-5-7-12/h3-4,8-9,12H,5-7H2,1-2H3,(H,17,21)/b15-9-/t12-/m1/s1. The third-order valence-corrected chi connectivity index (χ3v) is 3.80. The third kappa shape index (κ3) is 2.87. The zero-order chi connectivity index (χ0) is 14.8. The lowest BCUT2D eigenvalue weighted by Crippen LogP contribution is -2.09. The summed E-state index contributed by atoms with van der Waals surface area (Å²) in [6.45, 7) is 3.93. The average Bonchev–Trinajstić information content (AvgIpc) is 3.00. The van der Waals surface area contributed by atoms with Crippen LogP contribution < -0.4 is 0 Å². The minimum absolute atomic E-state index is 0.458. The van der Waals surface area contributed by atoms with E-state index in [1.54, 1.807) is 9.36 Å². The molecule has 0 radical (unpaired) electrons. The lowest BCUT2D eigenvalue weighted by atomic mass is 9.96. The first-order chi connectivity index (χ1) is 10.1. The average molecular weight is 302 g/mol. The number of allylic oxidation sites excluding steroid dienone is 2. The Morgan fingerprint density at radius 3 is 2.95 bits per heavy atom. The van der Waals surface area contributed by atoms with E-state index in [4.69, 9.17) is 12.2 Å². The molecule has 0 amide bonds. The van der Waals surface area contributed by atoms with Gasteiger partial charge in [-0.15, -0.1) is 5.10 Å². The summed E-state index contributed by atoms with van der Waals surface area (Å²) < 4.78 is 3.85. The van der Waals surface area contributed by atoms with E-state index in [9.17, 15) is 0 Å². The first-order valence-corrected chi connectivity index (χ1v) is 7.46. The Labute approximate surface area is 128 Å². The van der Waals surface area contributed by atoms with Crippen LogP contribution >= 0.6 is 12.2 Å². The van der Waals surface area contributed by atoms with E-state index in [1.807, 2.05) is 26.1 Å². The summed E-state index contributed by atoms with van der Waals surface area (Å²) in [7, 11) is 0. The van der Waals surface area contributed by atoms with Crippen LogP contribution in [0.15, 0.2) is 23.3 Å². The Hall–Kier alpha value is -2.02. The van der Waals surface area contributed by atoms with Crippen LogP contribution in [0, 0.1) is 24.5 Å². The van der Waals surface area contributed by atoms with Gasteiger partial charge in [-0.05, 0) is 57.3 Å². The van der Waals surface area contributed by atoms with Gasteiger partial charge in [0.05, 0.1) is 5.69 Å². The van der Waals surface area contributed by atoms with E-state index in [0.29, 0.717) is 16.6 Å². The van der Waals surface area contributed by atoms with E-state index in [2.05, 4.69) is 32.5 Å². The van der Waals surface area contributed by atoms with Gasteiger partial charge in [0, 0.05) is 11.9 Å². The molecule has 1 atom stereocenters. The number of hydrogen-bond donors (Lipinski definition) is 1. The van der Waals surface area contributed by atoms with Gasteiger partial charge in [-0.25, -0.2) is 9.78 Å². The highest BCUT2D eigenvalue weighted by Gasteiger charge is 2.12. The lowest BCUT2D eigenvalue weighted by molar-refractivity contribution is 0.619. The molecule has 110 valence electrons. The maximum atomic E-state index is 5.27. The summed E-state index contributed by atoms with van der Waals surface area (Å²) in [5.41, 5.74) is 1.94. The molecule has 1 N–H and O–H groups in total. The van der Waals surface area contributed by atoms with Gasteiger partial charge >= 0.3 is 0 Å². The second-order valence-electron chi connectivity index (χ2n) is 5.29. The van der Waals surface area contributed by atoms with E-state index in [0.717, 1.165) is 30.7 Å². The van der Waals surface area contributed by atoms with Crippen LogP contribution in [0.4, 0.5) is 0 Å². The van der Waals surface area contributed by atoms with Crippen LogP contribution in [-0.4, -0.2) is 30.9 Å². The number of H-pyrrole nitrogens is 1. The molecule has 0 spiro atoms. The van der Waals surface area contributed by atoms with Crippen molar-refractivity contribution in [3.05, 3.63) is 34.4 Å². The maximum absolute atomic E-state index is 5.27. The molecule has 0 bridgehead atoms. The minimum Gasteiger partial charge on any atom is -0.248 e. The number of aromatic amines is 1. The van der Waals surface area contributed by atoms with Crippen molar-refractivity contribution in [2.45, 2.75) is 33.1 Å². The fourth-order valence-corrected chi connectivity index (χ4v) is 2.64. The molecule has 1 aliphatic carbocycles. The van der Waals surface area contributed by atoms with Gasteiger partial charge < -0.3 is 0 Å². The zero-order valence-corrected chi connectivity index (χ0v) is 13.0. The molecule has 2 aromatic heterocycles. The van der Waals surface area contributed by atoms with Crippen molar-refractivity contribution in [2.24, 2.45) is 11.0 Å². The van der Waals surface area contributed by atoms with Gasteiger partial charge in [0.25, 0.3) is 5.95 Å². The number of aryl methyl sites for hydroxylation is 2. The molecular formula is C14H18N6S. The molecule has 2 aromatic rings. The van der Waals surface area contributed by atoms with Crippen LogP contribution in [0.2, 0.25) is 0 Å². The quantitative estimate of drug-likeness (QED) is 0.538. The predicted molar refractivity (Wildman–Crippen MR) is 84.4 cm³/mol. The summed E-state index contributed by atoms with van der Waals surface area (Å²) in [6, 6.07) is 2.00. The second kappa shape index (κ2) is 5.77. The number of nitrogens with zero attached hydrogens (tertiary/aromatic N) is 5. The first-order valence-electron chi connectivity index (χ1n) is 7.05. The van der Waals surface area contributed by atoms with Crippen LogP contribution in [0.1, 0.15) is 30.7 Å². The molecular weight excluding hydrogens is 284 g/mol. The summed E-state index contributed by atoms with van der Waals surface area (Å²) in [6.07, 6.45) is 9.65. The van der Waals surface area contributed by atoms with Gasteiger partial charge in [0.2, 0.25) is 4.77 Å². The van der Waals surface area contributed by atoms with Crippen molar-refractivity contribution >= 4 is 18.4 Å². The molecule has 6 nitrogen and oxygen atoms in total. The monoisotopic (exact) mass is 302 g/mol. The highest BCUT2D eigenvalue weighted by molar-refractivity contribution is 7.71. The second-order valence-corrected chi connectivity index (χ2v) is 5.68. The van der Waals surface area contributed by atoms with Crippen molar-refractivity contribution < 1.29 is 0 Å². The van der Waals surface area contributed by atoms with Crippen LogP contribution in [0.25, 0.3) is 5.95 Å². The molecule has 0 fully saturated rings. The van der Waals surface area contributed by atoms with Gasteiger partial charge in [0.15, 0.2) is 0 Å². The molecule has 0 saturated heterocycles. The molecule has 0 aromatic carbocycles. The van der Waals surface area contributed by atoms with Gasteiger partial charge in [-0.2, -0.15) is 14.9 Å². The minimum atomic E-state index is 0.458. The summed E-state index contributed by atoms with van der Waals surface area (Å²) in [5.74, 6) is 1.05. The molecule has 0 saturated carbocycles. The zero-order valence-electron chi connectivity index (χ0n) is 12.2. The third-order valence-electron chi connectivity index (χ3n) is 3.53. The smallest absolute Gasteiger partial charge is 0.248 e.